The first-order valence-electron chi connectivity index (χ1n) is 3.19. The number of nitrogens with one attached hydrogen (secondary N) is 1. The molecule has 0 bridgehead atoms. The summed E-state index contributed by atoms with van der Waals surface area (Å²) < 4.78 is 0. The van der Waals surface area contributed by atoms with Crippen molar-refractivity contribution in [1.29, 1.82) is 0 Å². The van der Waals surface area contributed by atoms with Crippen molar-refractivity contribution >= 4 is 5.91 Å². The smallest absolute Gasteiger partial charge is 0.234 e. The molecule has 54 valence electrons. The molecule has 3 N–H and O–H groups in total. The Morgan fingerprint density at radius 1 is 1.78 bits per heavy atom. The average Bonchev–Trinajstić information content (AvgIpc) is 1.82. The van der Waals surface area contributed by atoms with Crippen LogP contribution >= 0.6 is 0 Å². The molecule has 0 saturated carbocycles. The molecule has 1 atom stereocenters. The molecule has 0 spiro atoms. The highest BCUT2D eigenvalue weighted by molar-refractivity contribution is 5.79. The summed E-state index contributed by atoms with van der Waals surface area (Å²) in [5.41, 5.74) is 5.03. The predicted octanol–water partition coefficient (Wildman–Crippen LogP) is -0.140. The van der Waals surface area contributed by atoms with Crippen LogP contribution in [-0.4, -0.2) is 19.0 Å². The van der Waals surface area contributed by atoms with Crippen molar-refractivity contribution in [1.82, 2.24) is 5.32 Å². The number of carbonyl (C=O) groups is 1. The number of likely N-dealkylation sites (N-methyl/N-ethyl adjacent to an activating group) is 1. The van der Waals surface area contributed by atoms with Gasteiger partial charge in [-0.1, -0.05) is 13.3 Å². The lowest BCUT2D eigenvalue weighted by Crippen LogP contribution is -2.38. The van der Waals surface area contributed by atoms with Crippen molar-refractivity contribution in [2.45, 2.75) is 25.8 Å². The molecule has 0 radical (unpaired) electrons. The number of hydrogen-bond donors (Lipinski definition) is 2. The molecule has 0 aliphatic rings. The molecule has 0 aromatic heterocycles. The summed E-state index contributed by atoms with van der Waals surface area (Å²) in [7, 11) is 1.74. The zero-order chi connectivity index (χ0) is 7.28. The SMILES string of the molecule is CCC[C@H](NC)C(N)=O. The largest absolute Gasteiger partial charge is 0.368 e. The number of primary amides is 1. The summed E-state index contributed by atoms with van der Waals surface area (Å²) in [5, 5.41) is 2.83. The maximum Gasteiger partial charge on any atom is 0.234 e. The van der Waals surface area contributed by atoms with Crippen LogP contribution in [0.2, 0.25) is 0 Å². The van der Waals surface area contributed by atoms with Crippen LogP contribution in [0, 0.1) is 0 Å². The van der Waals surface area contributed by atoms with Gasteiger partial charge >= 0.3 is 0 Å². The van der Waals surface area contributed by atoms with E-state index in [0.717, 1.165) is 12.8 Å². The van der Waals surface area contributed by atoms with Crippen LogP contribution in [0.3, 0.4) is 0 Å². The van der Waals surface area contributed by atoms with Crippen LogP contribution in [-0.2, 0) is 4.79 Å². The molecule has 0 rings (SSSR count). The Labute approximate surface area is 55.6 Å². The molecule has 0 aromatic carbocycles. The van der Waals surface area contributed by atoms with Gasteiger partial charge in [0.25, 0.3) is 0 Å². The maximum atomic E-state index is 10.5. The highest BCUT2D eigenvalue weighted by Crippen LogP contribution is 1.93. The van der Waals surface area contributed by atoms with Crippen molar-refractivity contribution < 1.29 is 4.79 Å². The van der Waals surface area contributed by atoms with Crippen LogP contribution in [0.5, 0.6) is 0 Å². The number of nitrogens with two attached hydrogens (primary N) is 1. The van der Waals surface area contributed by atoms with Crippen LogP contribution < -0.4 is 11.1 Å². The van der Waals surface area contributed by atoms with E-state index in [9.17, 15) is 4.79 Å². The van der Waals surface area contributed by atoms with E-state index in [1.54, 1.807) is 7.05 Å². The summed E-state index contributed by atoms with van der Waals surface area (Å²) in [4.78, 5) is 10.5. The zero-order valence-corrected chi connectivity index (χ0v) is 5.98. The summed E-state index contributed by atoms with van der Waals surface area (Å²) in [6.07, 6.45) is 1.81. The van der Waals surface area contributed by atoms with Gasteiger partial charge in [0, 0.05) is 0 Å². The lowest BCUT2D eigenvalue weighted by molar-refractivity contribution is -0.120. The van der Waals surface area contributed by atoms with Gasteiger partial charge in [-0.3, -0.25) is 4.79 Å². The first-order chi connectivity index (χ1) is 4.22. The Kier molecular flexibility index (Phi) is 4.05. The Balaban J connectivity index is 3.54. The van der Waals surface area contributed by atoms with E-state index in [2.05, 4.69) is 5.32 Å². The molecule has 0 fully saturated rings. The van der Waals surface area contributed by atoms with Gasteiger partial charge < -0.3 is 11.1 Å². The second-order valence-electron chi connectivity index (χ2n) is 2.03. The van der Waals surface area contributed by atoms with E-state index in [1.807, 2.05) is 6.92 Å². The molecular weight excluding hydrogens is 116 g/mol. The average molecular weight is 130 g/mol. The third-order valence-corrected chi connectivity index (χ3v) is 1.27. The summed E-state index contributed by atoms with van der Waals surface area (Å²) in [5.74, 6) is -0.264. The Hall–Kier alpha value is -0.570. The van der Waals surface area contributed by atoms with E-state index >= 15 is 0 Å². The minimum atomic E-state index is -0.264. The van der Waals surface area contributed by atoms with Crippen molar-refractivity contribution in [3.8, 4) is 0 Å². The van der Waals surface area contributed by atoms with Gasteiger partial charge in [0.2, 0.25) is 5.91 Å². The first-order valence-corrected chi connectivity index (χ1v) is 3.19. The first kappa shape index (κ1) is 8.43. The van der Waals surface area contributed by atoms with E-state index < -0.39 is 0 Å². The molecule has 0 aromatic rings. The van der Waals surface area contributed by atoms with Crippen LogP contribution in [0.1, 0.15) is 19.8 Å². The second-order valence-corrected chi connectivity index (χ2v) is 2.03. The molecule has 0 aliphatic carbocycles. The van der Waals surface area contributed by atoms with Gasteiger partial charge in [0.1, 0.15) is 0 Å². The molecule has 1 amide bonds. The maximum absolute atomic E-state index is 10.5. The standard InChI is InChI=1S/C6H14N2O/c1-3-4-5(8-2)6(7)9/h5,8H,3-4H2,1-2H3,(H2,7,9)/t5-/m0/s1. The Morgan fingerprint density at radius 2 is 2.33 bits per heavy atom. The lowest BCUT2D eigenvalue weighted by Gasteiger charge is -2.08. The number of hydrogen-bond acceptors (Lipinski definition) is 2. The molecule has 0 aliphatic heterocycles. The van der Waals surface area contributed by atoms with Gasteiger partial charge in [-0.2, -0.15) is 0 Å². The zero-order valence-electron chi connectivity index (χ0n) is 5.98. The third-order valence-electron chi connectivity index (χ3n) is 1.27. The molecule has 3 heteroatoms. The Morgan fingerprint density at radius 3 is 2.44 bits per heavy atom. The number of rotatable bonds is 4. The van der Waals surface area contributed by atoms with Gasteiger partial charge in [-0.05, 0) is 13.5 Å². The molecule has 3 nitrogen and oxygen atoms in total. The second kappa shape index (κ2) is 4.32. The normalized spacial score (nSPS) is 13.1. The van der Waals surface area contributed by atoms with Crippen molar-refractivity contribution in [3.63, 3.8) is 0 Å². The van der Waals surface area contributed by atoms with Crippen molar-refractivity contribution in [2.75, 3.05) is 7.05 Å². The highest BCUT2D eigenvalue weighted by Gasteiger charge is 2.09. The van der Waals surface area contributed by atoms with Gasteiger partial charge in [-0.15, -0.1) is 0 Å². The van der Waals surface area contributed by atoms with Gasteiger partial charge in [-0.25, -0.2) is 0 Å². The van der Waals surface area contributed by atoms with Gasteiger partial charge in [0.05, 0.1) is 6.04 Å². The fourth-order valence-corrected chi connectivity index (χ4v) is 0.718. The minimum absolute atomic E-state index is 0.144. The van der Waals surface area contributed by atoms with Crippen LogP contribution in [0.4, 0.5) is 0 Å². The topological polar surface area (TPSA) is 55.1 Å². The van der Waals surface area contributed by atoms with Crippen molar-refractivity contribution in [3.05, 3.63) is 0 Å². The molecular formula is C6H14N2O. The fourth-order valence-electron chi connectivity index (χ4n) is 0.718. The molecule has 0 unspecified atom stereocenters. The number of carbonyl (C=O) groups excluding carboxylic acids is 1. The molecule has 0 heterocycles. The number of amides is 1. The van der Waals surface area contributed by atoms with Crippen LogP contribution in [0.25, 0.3) is 0 Å². The summed E-state index contributed by atoms with van der Waals surface area (Å²) >= 11 is 0. The van der Waals surface area contributed by atoms with Crippen molar-refractivity contribution in [2.24, 2.45) is 5.73 Å². The van der Waals surface area contributed by atoms with E-state index in [4.69, 9.17) is 5.73 Å². The van der Waals surface area contributed by atoms with E-state index in [-0.39, 0.29) is 11.9 Å². The monoisotopic (exact) mass is 130 g/mol. The molecule has 9 heavy (non-hydrogen) atoms. The predicted molar refractivity (Wildman–Crippen MR) is 37.0 cm³/mol. The quantitative estimate of drug-likeness (QED) is 0.556. The third kappa shape index (κ3) is 3.08. The lowest BCUT2D eigenvalue weighted by atomic mass is 10.1. The summed E-state index contributed by atoms with van der Waals surface area (Å²) in [6, 6.07) is -0.144. The van der Waals surface area contributed by atoms with Gasteiger partial charge in [0.15, 0.2) is 0 Å². The fraction of sp³-hybridized carbons (Fsp3) is 0.833. The van der Waals surface area contributed by atoms with E-state index in [0.29, 0.717) is 0 Å². The molecule has 0 saturated heterocycles. The highest BCUT2D eigenvalue weighted by atomic mass is 16.1. The minimum Gasteiger partial charge on any atom is -0.368 e. The summed E-state index contributed by atoms with van der Waals surface area (Å²) in [6.45, 7) is 2.02. The van der Waals surface area contributed by atoms with Crippen LogP contribution in [0.15, 0.2) is 0 Å². The van der Waals surface area contributed by atoms with E-state index in [1.165, 1.54) is 0 Å². The Bertz CT molecular complexity index is 93.1.